The lowest BCUT2D eigenvalue weighted by atomic mass is 9.97. The molecule has 1 N–H and O–H groups in total. The van der Waals surface area contributed by atoms with Gasteiger partial charge in [0.15, 0.2) is 5.78 Å². The first-order valence-corrected chi connectivity index (χ1v) is 9.26. The van der Waals surface area contributed by atoms with Gasteiger partial charge >= 0.3 is 0 Å². The fourth-order valence-electron chi connectivity index (χ4n) is 3.15. The van der Waals surface area contributed by atoms with Gasteiger partial charge in [0.1, 0.15) is 11.5 Å². The van der Waals surface area contributed by atoms with E-state index in [2.05, 4.69) is 5.32 Å². The summed E-state index contributed by atoms with van der Waals surface area (Å²) in [7, 11) is 3.15. The van der Waals surface area contributed by atoms with Crippen LogP contribution in [-0.4, -0.2) is 25.9 Å². The summed E-state index contributed by atoms with van der Waals surface area (Å²) in [6.07, 6.45) is 0. The van der Waals surface area contributed by atoms with Crippen LogP contribution in [0.15, 0.2) is 72.8 Å². The summed E-state index contributed by atoms with van der Waals surface area (Å²) in [5.74, 6) is 0.773. The Morgan fingerprint density at radius 1 is 0.828 bits per heavy atom. The average Bonchev–Trinajstić information content (AvgIpc) is 2.78. The molecular formula is C24H23NO4. The zero-order valence-electron chi connectivity index (χ0n) is 16.6. The van der Waals surface area contributed by atoms with Crippen LogP contribution in [-0.2, 0) is 0 Å². The van der Waals surface area contributed by atoms with Gasteiger partial charge in [-0.05, 0) is 25.1 Å². The molecule has 148 valence electrons. The molecular weight excluding hydrogens is 366 g/mol. The van der Waals surface area contributed by atoms with Crippen LogP contribution in [0.5, 0.6) is 11.5 Å². The topological polar surface area (TPSA) is 64.6 Å². The van der Waals surface area contributed by atoms with Gasteiger partial charge in [0.05, 0.1) is 25.8 Å². The normalized spacial score (nSPS) is 11.4. The van der Waals surface area contributed by atoms with E-state index >= 15 is 0 Å². The van der Waals surface area contributed by atoms with Crippen molar-refractivity contribution in [2.24, 2.45) is 0 Å². The average molecular weight is 389 g/mol. The van der Waals surface area contributed by atoms with Gasteiger partial charge in [-0.15, -0.1) is 0 Å². The van der Waals surface area contributed by atoms with Crippen LogP contribution < -0.4 is 14.8 Å². The van der Waals surface area contributed by atoms with Crippen LogP contribution in [0.2, 0.25) is 0 Å². The maximum atomic E-state index is 13.0. The molecule has 0 spiro atoms. The summed E-state index contributed by atoms with van der Waals surface area (Å²) in [6.45, 7) is 1.86. The monoisotopic (exact) mass is 389 g/mol. The van der Waals surface area contributed by atoms with E-state index in [0.29, 0.717) is 28.2 Å². The number of methoxy groups -OCH3 is 2. The molecule has 29 heavy (non-hydrogen) atoms. The van der Waals surface area contributed by atoms with E-state index in [9.17, 15) is 9.59 Å². The number of amides is 1. The molecule has 1 amide bonds. The highest BCUT2D eigenvalue weighted by atomic mass is 16.5. The maximum Gasteiger partial charge on any atom is 0.252 e. The summed E-state index contributed by atoms with van der Waals surface area (Å²) in [6, 6.07) is 20.8. The van der Waals surface area contributed by atoms with Gasteiger partial charge < -0.3 is 14.8 Å². The maximum absolute atomic E-state index is 13.0. The molecule has 3 rings (SSSR count). The Morgan fingerprint density at radius 2 is 1.48 bits per heavy atom. The van der Waals surface area contributed by atoms with Crippen molar-refractivity contribution in [3.8, 4) is 11.5 Å². The number of rotatable bonds is 7. The second-order valence-corrected chi connectivity index (χ2v) is 6.54. The molecule has 3 aromatic rings. The van der Waals surface area contributed by atoms with Gasteiger partial charge in [0.2, 0.25) is 0 Å². The number of carbonyl (C=O) groups excluding carboxylic acids is 2. The third kappa shape index (κ3) is 4.46. The van der Waals surface area contributed by atoms with Crippen LogP contribution in [0.4, 0.5) is 0 Å². The summed E-state index contributed by atoms with van der Waals surface area (Å²) in [5.41, 5.74) is 2.05. The first-order chi connectivity index (χ1) is 14.0. The molecule has 0 saturated heterocycles. The van der Waals surface area contributed by atoms with E-state index in [-0.39, 0.29) is 17.7 Å². The molecule has 0 aliphatic rings. The molecule has 0 radical (unpaired) electrons. The fraction of sp³-hybridized carbons (Fsp3) is 0.167. The zero-order chi connectivity index (χ0) is 20.8. The second kappa shape index (κ2) is 9.06. The smallest absolute Gasteiger partial charge is 0.252 e. The van der Waals surface area contributed by atoms with Crippen molar-refractivity contribution in [3.63, 3.8) is 0 Å². The summed E-state index contributed by atoms with van der Waals surface area (Å²) in [4.78, 5) is 25.9. The Bertz CT molecular complexity index is 1010. The lowest BCUT2D eigenvalue weighted by Gasteiger charge is -2.19. The second-order valence-electron chi connectivity index (χ2n) is 6.54. The fourth-order valence-corrected chi connectivity index (χ4v) is 3.15. The molecule has 3 aromatic carbocycles. The largest absolute Gasteiger partial charge is 0.497 e. The molecule has 1 unspecified atom stereocenters. The lowest BCUT2D eigenvalue weighted by Crippen LogP contribution is -2.28. The van der Waals surface area contributed by atoms with E-state index in [4.69, 9.17) is 9.47 Å². The van der Waals surface area contributed by atoms with Crippen molar-refractivity contribution < 1.29 is 19.1 Å². The minimum Gasteiger partial charge on any atom is -0.497 e. The quantitative estimate of drug-likeness (QED) is 0.608. The Labute approximate surface area is 170 Å². The summed E-state index contributed by atoms with van der Waals surface area (Å²) >= 11 is 0. The minimum atomic E-state index is -0.330. The first-order valence-electron chi connectivity index (χ1n) is 9.26. The van der Waals surface area contributed by atoms with Gasteiger partial charge in [-0.3, -0.25) is 9.59 Å². The number of hydrogen-bond acceptors (Lipinski definition) is 4. The number of ether oxygens (including phenoxy) is 2. The van der Waals surface area contributed by atoms with Crippen LogP contribution >= 0.6 is 0 Å². The van der Waals surface area contributed by atoms with Crippen LogP contribution in [0, 0.1) is 0 Å². The van der Waals surface area contributed by atoms with E-state index < -0.39 is 0 Å². The predicted octanol–water partition coefficient (Wildman–Crippen LogP) is 4.43. The third-order valence-electron chi connectivity index (χ3n) is 4.71. The molecule has 1 atom stereocenters. The molecule has 0 aromatic heterocycles. The van der Waals surface area contributed by atoms with E-state index in [1.54, 1.807) is 68.8 Å². The Kier molecular flexibility index (Phi) is 6.29. The molecule has 0 heterocycles. The molecule has 0 aliphatic heterocycles. The van der Waals surface area contributed by atoms with Crippen molar-refractivity contribution in [2.75, 3.05) is 14.2 Å². The van der Waals surface area contributed by atoms with Crippen molar-refractivity contribution in [2.45, 2.75) is 13.0 Å². The predicted molar refractivity (Wildman–Crippen MR) is 112 cm³/mol. The Hall–Kier alpha value is -3.60. The van der Waals surface area contributed by atoms with Gasteiger partial charge in [0.25, 0.3) is 5.91 Å². The number of carbonyl (C=O) groups is 2. The number of benzene rings is 3. The molecule has 5 heteroatoms. The van der Waals surface area contributed by atoms with E-state index in [0.717, 1.165) is 5.56 Å². The highest BCUT2D eigenvalue weighted by Crippen LogP contribution is 2.29. The third-order valence-corrected chi connectivity index (χ3v) is 4.71. The van der Waals surface area contributed by atoms with Crippen molar-refractivity contribution in [1.29, 1.82) is 0 Å². The molecule has 0 fully saturated rings. The molecule has 0 bridgehead atoms. The van der Waals surface area contributed by atoms with E-state index in [1.807, 2.05) is 25.1 Å². The van der Waals surface area contributed by atoms with Crippen LogP contribution in [0.25, 0.3) is 0 Å². The summed E-state index contributed by atoms with van der Waals surface area (Å²) in [5, 5.41) is 2.96. The Morgan fingerprint density at radius 3 is 2.14 bits per heavy atom. The van der Waals surface area contributed by atoms with Gasteiger partial charge in [-0.25, -0.2) is 0 Å². The van der Waals surface area contributed by atoms with E-state index in [1.165, 1.54) is 0 Å². The Balaban J connectivity index is 1.86. The SMILES string of the molecule is COc1ccc(C(C)NC(=O)c2ccccc2C(=O)c2ccccc2)c(OC)c1. The van der Waals surface area contributed by atoms with Crippen LogP contribution in [0.1, 0.15) is 44.8 Å². The van der Waals surface area contributed by atoms with Gasteiger partial charge in [-0.2, -0.15) is 0 Å². The van der Waals surface area contributed by atoms with Crippen molar-refractivity contribution in [1.82, 2.24) is 5.32 Å². The highest BCUT2D eigenvalue weighted by molar-refractivity contribution is 6.15. The number of ketones is 1. The van der Waals surface area contributed by atoms with Crippen LogP contribution in [0.3, 0.4) is 0 Å². The standard InChI is InChI=1S/C24H23NO4/c1-16(19-14-13-18(28-2)15-22(19)29-3)25-24(27)21-12-8-7-11-20(21)23(26)17-9-5-4-6-10-17/h4-16H,1-3H3,(H,25,27). The first kappa shape index (κ1) is 20.1. The van der Waals surface area contributed by atoms with Gasteiger partial charge in [-0.1, -0.05) is 48.5 Å². The zero-order valence-corrected chi connectivity index (χ0v) is 16.6. The molecule has 0 aliphatic carbocycles. The molecule has 5 nitrogen and oxygen atoms in total. The van der Waals surface area contributed by atoms with Crippen molar-refractivity contribution >= 4 is 11.7 Å². The van der Waals surface area contributed by atoms with Gasteiger partial charge in [0, 0.05) is 22.8 Å². The number of nitrogens with one attached hydrogen (secondary N) is 1. The highest BCUT2D eigenvalue weighted by Gasteiger charge is 2.21. The molecule has 0 saturated carbocycles. The van der Waals surface area contributed by atoms with Crippen molar-refractivity contribution in [3.05, 3.63) is 95.1 Å². The minimum absolute atomic E-state index is 0.189. The summed E-state index contributed by atoms with van der Waals surface area (Å²) < 4.78 is 10.7. The lowest BCUT2D eigenvalue weighted by molar-refractivity contribution is 0.0929. The number of hydrogen-bond donors (Lipinski definition) is 1.